The summed E-state index contributed by atoms with van der Waals surface area (Å²) in [5.74, 6) is -3.80. The Morgan fingerprint density at radius 3 is 1.29 bits per heavy atom. The van der Waals surface area contributed by atoms with Crippen molar-refractivity contribution >= 4 is 23.8 Å². The molecule has 0 amide bonds. The summed E-state index contributed by atoms with van der Waals surface area (Å²) in [5, 5.41) is 0.774. The summed E-state index contributed by atoms with van der Waals surface area (Å²) in [6.07, 6.45) is 0. The summed E-state index contributed by atoms with van der Waals surface area (Å²) >= 11 is 0. The second-order valence-electron chi connectivity index (χ2n) is 5.07. The number of hydrogen-bond acceptors (Lipinski definition) is 0. The third kappa shape index (κ3) is 3.62. The quantitative estimate of drug-likeness (QED) is 0.491. The Balaban J connectivity index is 2.24. The van der Waals surface area contributed by atoms with Gasteiger partial charge in [0, 0.05) is 12.1 Å². The molecule has 24 heavy (non-hydrogen) atoms. The molecule has 3 aromatic carbocycles. The zero-order chi connectivity index (χ0) is 17.3. The van der Waals surface area contributed by atoms with Crippen molar-refractivity contribution in [2.45, 2.75) is 0 Å². The molecule has 0 radical (unpaired) electrons. The zero-order valence-electron chi connectivity index (χ0n) is 12.1. The zero-order valence-corrected chi connectivity index (χ0v) is 13.0. The van der Waals surface area contributed by atoms with E-state index in [0.29, 0.717) is 17.4 Å². The van der Waals surface area contributed by atoms with Crippen LogP contribution in [0, 0.1) is 29.1 Å². The summed E-state index contributed by atoms with van der Waals surface area (Å²) < 4.78 is 68.0. The smallest absolute Gasteiger partial charge is 0.126 e. The molecule has 0 aliphatic rings. The molecule has 122 valence electrons. The highest BCUT2D eigenvalue weighted by Crippen LogP contribution is 2.34. The van der Waals surface area contributed by atoms with Gasteiger partial charge in [0.1, 0.15) is 29.1 Å². The predicted octanol–water partition coefficient (Wildman–Crippen LogP) is 4.14. The van der Waals surface area contributed by atoms with E-state index in [1.54, 1.807) is 6.07 Å². The van der Waals surface area contributed by atoms with Crippen molar-refractivity contribution in [3.63, 3.8) is 0 Å². The third-order valence-corrected chi connectivity index (χ3v) is 5.62. The Hall–Kier alpha value is -2.26. The number of halogens is 5. The molecular weight excluding hydrogens is 342 g/mol. The largest absolute Gasteiger partial charge is 0.207 e. The van der Waals surface area contributed by atoms with Crippen LogP contribution in [-0.4, -0.2) is 0 Å². The number of hydrogen-bond donors (Lipinski definition) is 0. The lowest BCUT2D eigenvalue weighted by atomic mass is 10.3. The van der Waals surface area contributed by atoms with Gasteiger partial charge in [-0.3, -0.25) is 0 Å². The first-order valence-corrected chi connectivity index (χ1v) is 8.24. The van der Waals surface area contributed by atoms with Crippen molar-refractivity contribution in [1.29, 1.82) is 0 Å². The molecule has 6 heteroatoms. The van der Waals surface area contributed by atoms with Gasteiger partial charge >= 0.3 is 0 Å². The molecule has 0 N–H and O–H groups in total. The van der Waals surface area contributed by atoms with E-state index in [9.17, 15) is 22.0 Å². The predicted molar refractivity (Wildman–Crippen MR) is 84.9 cm³/mol. The first-order valence-electron chi connectivity index (χ1n) is 6.90. The lowest BCUT2D eigenvalue weighted by molar-refractivity contribution is 0.585. The van der Waals surface area contributed by atoms with E-state index in [2.05, 4.69) is 0 Å². The molecule has 0 saturated carbocycles. The van der Waals surface area contributed by atoms with Gasteiger partial charge in [-0.15, -0.1) is 0 Å². The second-order valence-corrected chi connectivity index (χ2v) is 7.29. The first kappa shape index (κ1) is 16.6. The Morgan fingerprint density at radius 2 is 0.875 bits per heavy atom. The number of benzene rings is 3. The van der Waals surface area contributed by atoms with E-state index < -0.39 is 37.0 Å². The molecule has 0 aliphatic heterocycles. The molecule has 3 aromatic rings. The van der Waals surface area contributed by atoms with E-state index >= 15 is 0 Å². The fraction of sp³-hybridized carbons (Fsp3) is 0. The molecule has 0 atom stereocenters. The van der Waals surface area contributed by atoms with Crippen LogP contribution < -0.4 is 15.9 Å². The minimum Gasteiger partial charge on any atom is -0.207 e. The minimum absolute atomic E-state index is 0.193. The van der Waals surface area contributed by atoms with Gasteiger partial charge in [0.05, 0.1) is 0 Å². The summed E-state index contributed by atoms with van der Waals surface area (Å²) in [5.41, 5.74) is 0. The molecule has 0 saturated heterocycles. The second kappa shape index (κ2) is 6.70. The van der Waals surface area contributed by atoms with Gasteiger partial charge in [-0.1, -0.05) is 12.1 Å². The fourth-order valence-corrected chi connectivity index (χ4v) is 4.79. The summed E-state index contributed by atoms with van der Waals surface area (Å²) in [6.45, 7) is 0. The van der Waals surface area contributed by atoms with Crippen LogP contribution in [0.15, 0.2) is 60.7 Å². The first-order chi connectivity index (χ1) is 11.4. The van der Waals surface area contributed by atoms with E-state index in [0.717, 1.165) is 24.3 Å². The average Bonchev–Trinajstić information content (AvgIpc) is 2.45. The summed E-state index contributed by atoms with van der Waals surface area (Å²) in [6, 6.07) is 11.2. The van der Waals surface area contributed by atoms with E-state index in [4.69, 9.17) is 0 Å². The Labute approximate surface area is 136 Å². The van der Waals surface area contributed by atoms with Gasteiger partial charge in [0.15, 0.2) is 0 Å². The van der Waals surface area contributed by atoms with E-state index in [1.807, 2.05) is 0 Å². The fourth-order valence-electron chi connectivity index (χ4n) is 2.40. The maximum atomic E-state index is 13.6. The molecular formula is C18H10F5P. The molecule has 0 heterocycles. The van der Waals surface area contributed by atoms with Crippen LogP contribution in [0.25, 0.3) is 0 Å². The summed E-state index contributed by atoms with van der Waals surface area (Å²) in [7, 11) is -1.73. The monoisotopic (exact) mass is 352 g/mol. The lowest BCUT2D eigenvalue weighted by Crippen LogP contribution is -2.22. The molecule has 3 rings (SSSR count). The Kier molecular flexibility index (Phi) is 4.63. The number of rotatable bonds is 3. The Bertz CT molecular complexity index is 802. The highest BCUT2D eigenvalue weighted by atomic mass is 31.1. The molecule has 0 fully saturated rings. The van der Waals surface area contributed by atoms with Crippen LogP contribution in [0.5, 0.6) is 0 Å². The normalized spacial score (nSPS) is 11.1. The van der Waals surface area contributed by atoms with Crippen molar-refractivity contribution < 1.29 is 22.0 Å². The molecule has 0 aromatic heterocycles. The van der Waals surface area contributed by atoms with Crippen LogP contribution in [0.4, 0.5) is 22.0 Å². The van der Waals surface area contributed by atoms with Gasteiger partial charge < -0.3 is 0 Å². The average molecular weight is 352 g/mol. The van der Waals surface area contributed by atoms with Gasteiger partial charge in [0.2, 0.25) is 0 Å². The van der Waals surface area contributed by atoms with Crippen LogP contribution in [0.1, 0.15) is 0 Å². The highest BCUT2D eigenvalue weighted by molar-refractivity contribution is 7.79. The van der Waals surface area contributed by atoms with Gasteiger partial charge in [-0.2, -0.15) is 0 Å². The topological polar surface area (TPSA) is 0 Å². The standard InChI is InChI=1S/C18H10F5P/c19-11-2-1-3-16(6-11)24(17-7-12(20)4-13(21)8-17)18-9-14(22)5-15(23)10-18/h1-10H. The van der Waals surface area contributed by atoms with Crippen LogP contribution >= 0.6 is 7.92 Å². The van der Waals surface area contributed by atoms with Crippen molar-refractivity contribution in [2.24, 2.45) is 0 Å². The molecule has 0 aliphatic carbocycles. The van der Waals surface area contributed by atoms with Gasteiger partial charge in [-0.05, 0) is 60.2 Å². The van der Waals surface area contributed by atoms with Crippen molar-refractivity contribution in [3.05, 3.63) is 89.7 Å². The highest BCUT2D eigenvalue weighted by Gasteiger charge is 2.20. The van der Waals surface area contributed by atoms with E-state index in [-0.39, 0.29) is 10.6 Å². The SMILES string of the molecule is Fc1cccc(P(c2cc(F)cc(F)c2)c2cc(F)cc(F)c2)c1. The van der Waals surface area contributed by atoms with E-state index in [1.165, 1.54) is 18.2 Å². The van der Waals surface area contributed by atoms with Crippen LogP contribution in [-0.2, 0) is 0 Å². The lowest BCUT2D eigenvalue weighted by Gasteiger charge is -2.19. The van der Waals surface area contributed by atoms with Crippen LogP contribution in [0.3, 0.4) is 0 Å². The third-order valence-electron chi connectivity index (χ3n) is 3.28. The molecule has 0 bridgehead atoms. The molecule has 0 nitrogen and oxygen atoms in total. The summed E-state index contributed by atoms with van der Waals surface area (Å²) in [4.78, 5) is 0. The molecule has 0 spiro atoms. The Morgan fingerprint density at radius 1 is 0.458 bits per heavy atom. The van der Waals surface area contributed by atoms with Crippen molar-refractivity contribution in [3.8, 4) is 0 Å². The molecule has 0 unspecified atom stereocenters. The van der Waals surface area contributed by atoms with Gasteiger partial charge in [0.25, 0.3) is 0 Å². The van der Waals surface area contributed by atoms with Gasteiger partial charge in [-0.25, -0.2) is 22.0 Å². The minimum atomic E-state index is -1.73. The maximum Gasteiger partial charge on any atom is 0.126 e. The maximum absolute atomic E-state index is 13.6. The van der Waals surface area contributed by atoms with Crippen LogP contribution in [0.2, 0.25) is 0 Å². The van der Waals surface area contributed by atoms with Crippen molar-refractivity contribution in [1.82, 2.24) is 0 Å². The van der Waals surface area contributed by atoms with Crippen molar-refractivity contribution in [2.75, 3.05) is 0 Å².